The van der Waals surface area contributed by atoms with E-state index in [2.05, 4.69) is 0 Å². The number of hydrogen-bond donors (Lipinski definition) is 2. The van der Waals surface area contributed by atoms with Crippen molar-refractivity contribution in [2.45, 2.75) is 45.6 Å². The molecule has 17 heavy (non-hydrogen) atoms. The molecular weight excluding hydrogens is 216 g/mol. The Labute approximate surface area is 102 Å². The van der Waals surface area contributed by atoms with E-state index in [-0.39, 0.29) is 6.42 Å². The summed E-state index contributed by atoms with van der Waals surface area (Å²) in [4.78, 5) is 10.4. The van der Waals surface area contributed by atoms with Gasteiger partial charge in [0, 0.05) is 6.42 Å². The molecule has 0 amide bonds. The van der Waals surface area contributed by atoms with Crippen molar-refractivity contribution in [3.8, 4) is 0 Å². The molecule has 0 aliphatic rings. The molecule has 1 unspecified atom stereocenters. The van der Waals surface area contributed by atoms with Crippen molar-refractivity contribution < 1.29 is 15.0 Å². The number of hydrogen-bond acceptors (Lipinski definition) is 2. The van der Waals surface area contributed by atoms with E-state index in [1.165, 1.54) is 0 Å². The summed E-state index contributed by atoms with van der Waals surface area (Å²) in [5.41, 5.74) is 3.18. The number of benzene rings is 1. The molecule has 1 aromatic carbocycles. The van der Waals surface area contributed by atoms with Gasteiger partial charge < -0.3 is 10.2 Å². The van der Waals surface area contributed by atoms with Crippen molar-refractivity contribution in [2.24, 2.45) is 0 Å². The molecule has 0 aliphatic carbocycles. The molecular formula is C14H20O3. The Bertz CT molecular complexity index is 385. The molecule has 0 aromatic heterocycles. The number of carboxylic acids is 1. The lowest BCUT2D eigenvalue weighted by Gasteiger charge is -2.14. The van der Waals surface area contributed by atoms with Crippen LogP contribution in [0.1, 0.15) is 48.5 Å². The highest BCUT2D eigenvalue weighted by Crippen LogP contribution is 2.23. The molecule has 0 fully saturated rings. The van der Waals surface area contributed by atoms with Crippen molar-refractivity contribution in [1.82, 2.24) is 0 Å². The second-order valence-electron chi connectivity index (χ2n) is 4.52. The van der Waals surface area contributed by atoms with Gasteiger partial charge in [-0.3, -0.25) is 4.79 Å². The van der Waals surface area contributed by atoms with E-state index in [4.69, 9.17) is 5.11 Å². The van der Waals surface area contributed by atoms with Gasteiger partial charge in [-0.1, -0.05) is 23.8 Å². The van der Waals surface area contributed by atoms with Crippen LogP contribution >= 0.6 is 0 Å². The number of unbranched alkanes of at least 4 members (excludes halogenated alkanes) is 1. The van der Waals surface area contributed by atoms with Gasteiger partial charge in [-0.25, -0.2) is 0 Å². The second kappa shape index (κ2) is 6.40. The van der Waals surface area contributed by atoms with Crippen molar-refractivity contribution in [3.05, 3.63) is 34.9 Å². The van der Waals surface area contributed by atoms with Gasteiger partial charge in [0.05, 0.1) is 6.10 Å². The van der Waals surface area contributed by atoms with Crippen LogP contribution in [0.5, 0.6) is 0 Å². The number of aliphatic hydroxyl groups excluding tert-OH is 1. The molecule has 94 valence electrons. The van der Waals surface area contributed by atoms with Crippen LogP contribution in [0.15, 0.2) is 18.2 Å². The summed E-state index contributed by atoms with van der Waals surface area (Å²) >= 11 is 0. The maximum atomic E-state index is 10.4. The number of aryl methyl sites for hydroxylation is 2. The highest BCUT2D eigenvalue weighted by molar-refractivity contribution is 5.66. The molecule has 1 atom stereocenters. The summed E-state index contributed by atoms with van der Waals surface area (Å²) in [6.07, 6.45) is 1.68. The molecule has 3 nitrogen and oxygen atoms in total. The maximum Gasteiger partial charge on any atom is 0.303 e. The first-order valence-corrected chi connectivity index (χ1v) is 5.97. The number of carboxylic acid groups (broad SMARTS) is 1. The third-order valence-corrected chi connectivity index (χ3v) is 2.91. The van der Waals surface area contributed by atoms with Crippen LogP contribution in [-0.4, -0.2) is 16.2 Å². The van der Waals surface area contributed by atoms with Gasteiger partial charge in [-0.05, 0) is 44.2 Å². The minimum absolute atomic E-state index is 0.180. The van der Waals surface area contributed by atoms with E-state index in [9.17, 15) is 9.90 Å². The molecule has 0 heterocycles. The first-order chi connectivity index (χ1) is 8.00. The Kier molecular flexibility index (Phi) is 5.16. The predicted molar refractivity (Wildman–Crippen MR) is 67.0 cm³/mol. The Morgan fingerprint density at radius 1 is 1.29 bits per heavy atom. The van der Waals surface area contributed by atoms with E-state index in [1.54, 1.807) is 0 Å². The molecule has 1 aromatic rings. The average molecular weight is 236 g/mol. The SMILES string of the molecule is Cc1ccc(C)c(C(O)CCCCC(=O)O)c1. The van der Waals surface area contributed by atoms with E-state index in [0.717, 1.165) is 23.1 Å². The summed E-state index contributed by atoms with van der Waals surface area (Å²) in [5.74, 6) is -0.772. The standard InChI is InChI=1S/C14H20O3/c1-10-7-8-11(2)12(9-10)13(15)5-3-4-6-14(16)17/h7-9,13,15H,3-6H2,1-2H3,(H,16,17). The Morgan fingerprint density at radius 2 is 2.00 bits per heavy atom. The largest absolute Gasteiger partial charge is 0.481 e. The Morgan fingerprint density at radius 3 is 2.65 bits per heavy atom. The third kappa shape index (κ3) is 4.57. The van der Waals surface area contributed by atoms with Crippen molar-refractivity contribution in [2.75, 3.05) is 0 Å². The molecule has 2 N–H and O–H groups in total. The number of carbonyl (C=O) groups is 1. The summed E-state index contributed by atoms with van der Waals surface area (Å²) in [6, 6.07) is 6.03. The number of rotatable bonds is 6. The molecule has 3 heteroatoms. The van der Waals surface area contributed by atoms with Gasteiger partial charge in [-0.2, -0.15) is 0 Å². The summed E-state index contributed by atoms with van der Waals surface area (Å²) < 4.78 is 0. The van der Waals surface area contributed by atoms with E-state index >= 15 is 0 Å². The van der Waals surface area contributed by atoms with Crippen LogP contribution in [0.3, 0.4) is 0 Å². The van der Waals surface area contributed by atoms with E-state index in [1.807, 2.05) is 32.0 Å². The minimum atomic E-state index is -0.772. The highest BCUT2D eigenvalue weighted by atomic mass is 16.4. The topological polar surface area (TPSA) is 57.5 Å². The summed E-state index contributed by atoms with van der Waals surface area (Å²) in [5, 5.41) is 18.6. The van der Waals surface area contributed by atoms with E-state index in [0.29, 0.717) is 12.8 Å². The van der Waals surface area contributed by atoms with Crippen LogP contribution in [0, 0.1) is 13.8 Å². The zero-order valence-corrected chi connectivity index (χ0v) is 10.4. The van der Waals surface area contributed by atoms with Crippen LogP contribution < -0.4 is 0 Å². The van der Waals surface area contributed by atoms with Crippen LogP contribution in [-0.2, 0) is 4.79 Å². The van der Waals surface area contributed by atoms with Crippen molar-refractivity contribution >= 4 is 5.97 Å². The molecule has 0 aliphatic heterocycles. The van der Waals surface area contributed by atoms with E-state index < -0.39 is 12.1 Å². The molecule has 0 spiro atoms. The second-order valence-corrected chi connectivity index (χ2v) is 4.52. The average Bonchev–Trinajstić information content (AvgIpc) is 2.27. The fourth-order valence-electron chi connectivity index (χ4n) is 1.89. The zero-order valence-electron chi connectivity index (χ0n) is 10.4. The van der Waals surface area contributed by atoms with Gasteiger partial charge in [0.25, 0.3) is 0 Å². The predicted octanol–water partition coefficient (Wildman–Crippen LogP) is 2.98. The Hall–Kier alpha value is -1.35. The fraction of sp³-hybridized carbons (Fsp3) is 0.500. The molecule has 0 bridgehead atoms. The third-order valence-electron chi connectivity index (χ3n) is 2.91. The van der Waals surface area contributed by atoms with Crippen LogP contribution in [0.4, 0.5) is 0 Å². The van der Waals surface area contributed by atoms with Crippen molar-refractivity contribution in [3.63, 3.8) is 0 Å². The van der Waals surface area contributed by atoms with Gasteiger partial charge >= 0.3 is 5.97 Å². The summed E-state index contributed by atoms with van der Waals surface area (Å²) in [6.45, 7) is 3.98. The first kappa shape index (κ1) is 13.7. The lowest BCUT2D eigenvalue weighted by Crippen LogP contribution is -2.01. The fourth-order valence-corrected chi connectivity index (χ4v) is 1.89. The van der Waals surface area contributed by atoms with Gasteiger partial charge in [0.15, 0.2) is 0 Å². The number of aliphatic hydroxyl groups is 1. The first-order valence-electron chi connectivity index (χ1n) is 5.97. The highest BCUT2D eigenvalue weighted by Gasteiger charge is 2.10. The smallest absolute Gasteiger partial charge is 0.303 e. The number of aliphatic carboxylic acids is 1. The molecule has 0 radical (unpaired) electrons. The minimum Gasteiger partial charge on any atom is -0.481 e. The normalized spacial score (nSPS) is 12.4. The maximum absolute atomic E-state index is 10.4. The lowest BCUT2D eigenvalue weighted by molar-refractivity contribution is -0.137. The van der Waals surface area contributed by atoms with Crippen molar-refractivity contribution in [1.29, 1.82) is 0 Å². The van der Waals surface area contributed by atoms with Gasteiger partial charge in [0.1, 0.15) is 0 Å². The zero-order chi connectivity index (χ0) is 12.8. The molecule has 0 saturated carbocycles. The van der Waals surface area contributed by atoms with Gasteiger partial charge in [0.2, 0.25) is 0 Å². The molecule has 0 saturated heterocycles. The molecule has 1 rings (SSSR count). The van der Waals surface area contributed by atoms with Crippen LogP contribution in [0.2, 0.25) is 0 Å². The monoisotopic (exact) mass is 236 g/mol. The quantitative estimate of drug-likeness (QED) is 0.746. The lowest BCUT2D eigenvalue weighted by atomic mass is 9.97. The Balaban J connectivity index is 2.49. The van der Waals surface area contributed by atoms with Gasteiger partial charge in [-0.15, -0.1) is 0 Å². The van der Waals surface area contributed by atoms with Crippen LogP contribution in [0.25, 0.3) is 0 Å². The summed E-state index contributed by atoms with van der Waals surface area (Å²) in [7, 11) is 0.